The first-order valence-corrected chi connectivity index (χ1v) is 7.02. The van der Waals surface area contributed by atoms with Crippen molar-refractivity contribution in [2.75, 3.05) is 12.4 Å². The fraction of sp³-hybridized carbons (Fsp3) is 0.118. The smallest absolute Gasteiger partial charge is 0.326 e. The first-order valence-electron chi connectivity index (χ1n) is 7.02. The van der Waals surface area contributed by atoms with Gasteiger partial charge in [-0.3, -0.25) is 4.79 Å². The second kappa shape index (κ2) is 6.31. The molecule has 0 bridgehead atoms. The van der Waals surface area contributed by atoms with Gasteiger partial charge in [0.05, 0.1) is 7.11 Å². The molecule has 1 heterocycles. The number of carbonyl (C=O) groups excluding carboxylic acids is 1. The minimum atomic E-state index is -0.00347. The van der Waals surface area contributed by atoms with Gasteiger partial charge in [-0.2, -0.15) is 4.98 Å². The summed E-state index contributed by atoms with van der Waals surface area (Å²) >= 11 is 0. The van der Waals surface area contributed by atoms with Crippen molar-refractivity contribution >= 4 is 17.5 Å². The zero-order chi connectivity index (χ0) is 16.2. The Morgan fingerprint density at radius 3 is 2.78 bits per heavy atom. The predicted molar refractivity (Wildman–Crippen MR) is 86.0 cm³/mol. The van der Waals surface area contributed by atoms with Crippen molar-refractivity contribution < 1.29 is 14.1 Å². The summed E-state index contributed by atoms with van der Waals surface area (Å²) in [4.78, 5) is 15.7. The van der Waals surface area contributed by atoms with Gasteiger partial charge >= 0.3 is 6.01 Å². The van der Waals surface area contributed by atoms with Crippen LogP contribution in [0, 0.1) is 0 Å². The highest BCUT2D eigenvalue weighted by atomic mass is 16.5. The van der Waals surface area contributed by atoms with E-state index in [0.717, 1.165) is 11.3 Å². The molecule has 0 radical (unpaired) electrons. The fourth-order valence-electron chi connectivity index (χ4n) is 2.09. The highest BCUT2D eigenvalue weighted by molar-refractivity contribution is 5.95. The van der Waals surface area contributed by atoms with Gasteiger partial charge in [-0.15, -0.1) is 0 Å². The summed E-state index contributed by atoms with van der Waals surface area (Å²) in [5.41, 5.74) is 2.11. The number of nitrogens with zero attached hydrogens (tertiary/aromatic N) is 2. The quantitative estimate of drug-likeness (QED) is 0.724. The second-order valence-corrected chi connectivity index (χ2v) is 4.92. The zero-order valence-corrected chi connectivity index (χ0v) is 12.7. The summed E-state index contributed by atoms with van der Waals surface area (Å²) in [6.45, 7) is 1.52. The summed E-state index contributed by atoms with van der Waals surface area (Å²) in [5.74, 6) is 1.17. The van der Waals surface area contributed by atoms with Crippen LogP contribution in [-0.4, -0.2) is 23.0 Å². The van der Waals surface area contributed by atoms with E-state index in [1.54, 1.807) is 25.3 Å². The Morgan fingerprint density at radius 2 is 2.00 bits per heavy atom. The van der Waals surface area contributed by atoms with E-state index in [9.17, 15) is 4.79 Å². The van der Waals surface area contributed by atoms with Gasteiger partial charge in [0.1, 0.15) is 5.75 Å². The summed E-state index contributed by atoms with van der Waals surface area (Å²) in [7, 11) is 1.60. The SMILES string of the molecule is COc1cccc(-c2noc(Nc3cccc(C(C)=O)c3)n2)c1. The largest absolute Gasteiger partial charge is 0.497 e. The van der Waals surface area contributed by atoms with Crippen molar-refractivity contribution in [3.8, 4) is 17.1 Å². The molecule has 0 aliphatic carbocycles. The number of hydrogen-bond donors (Lipinski definition) is 1. The average Bonchev–Trinajstić information content (AvgIpc) is 3.03. The molecule has 6 heteroatoms. The van der Waals surface area contributed by atoms with Crippen LogP contribution in [0.25, 0.3) is 11.4 Å². The number of rotatable bonds is 5. The Hall–Kier alpha value is -3.15. The van der Waals surface area contributed by atoms with Gasteiger partial charge in [0, 0.05) is 16.8 Å². The molecule has 3 rings (SSSR count). The third kappa shape index (κ3) is 3.37. The number of methoxy groups -OCH3 is 1. The molecule has 0 unspecified atom stereocenters. The van der Waals surface area contributed by atoms with Crippen molar-refractivity contribution in [1.29, 1.82) is 0 Å². The van der Waals surface area contributed by atoms with Crippen molar-refractivity contribution in [1.82, 2.24) is 10.1 Å². The van der Waals surface area contributed by atoms with E-state index in [4.69, 9.17) is 9.26 Å². The van der Waals surface area contributed by atoms with Crippen molar-refractivity contribution in [3.63, 3.8) is 0 Å². The van der Waals surface area contributed by atoms with Crippen LogP contribution < -0.4 is 10.1 Å². The van der Waals surface area contributed by atoms with Gasteiger partial charge in [0.2, 0.25) is 5.82 Å². The molecule has 23 heavy (non-hydrogen) atoms. The Balaban J connectivity index is 1.82. The number of nitrogens with one attached hydrogen (secondary N) is 1. The zero-order valence-electron chi connectivity index (χ0n) is 12.7. The third-order valence-corrected chi connectivity index (χ3v) is 3.27. The molecular weight excluding hydrogens is 294 g/mol. The lowest BCUT2D eigenvalue weighted by Crippen LogP contribution is -1.95. The van der Waals surface area contributed by atoms with Crippen LogP contribution in [0.15, 0.2) is 53.1 Å². The number of Topliss-reactive ketones (excluding diaryl/α,β-unsaturated/α-hetero) is 1. The van der Waals surface area contributed by atoms with Crippen molar-refractivity contribution in [3.05, 3.63) is 54.1 Å². The van der Waals surface area contributed by atoms with E-state index >= 15 is 0 Å². The molecule has 0 saturated carbocycles. The van der Waals surface area contributed by atoms with Gasteiger partial charge in [0.25, 0.3) is 0 Å². The monoisotopic (exact) mass is 309 g/mol. The fourth-order valence-corrected chi connectivity index (χ4v) is 2.09. The van der Waals surface area contributed by atoms with E-state index in [-0.39, 0.29) is 11.8 Å². The highest BCUT2D eigenvalue weighted by Gasteiger charge is 2.10. The number of ether oxygens (including phenoxy) is 1. The Bertz CT molecular complexity index is 842. The first kappa shape index (κ1) is 14.8. The molecule has 116 valence electrons. The molecule has 1 aromatic heterocycles. The van der Waals surface area contributed by atoms with Crippen LogP contribution in [0.4, 0.5) is 11.7 Å². The molecular formula is C17H15N3O3. The second-order valence-electron chi connectivity index (χ2n) is 4.92. The summed E-state index contributed by atoms with van der Waals surface area (Å²) < 4.78 is 10.4. The summed E-state index contributed by atoms with van der Waals surface area (Å²) in [5, 5.41) is 6.94. The average molecular weight is 309 g/mol. The van der Waals surface area contributed by atoms with Crippen LogP contribution in [0.2, 0.25) is 0 Å². The first-order chi connectivity index (χ1) is 11.2. The van der Waals surface area contributed by atoms with E-state index in [1.807, 2.05) is 30.3 Å². The van der Waals surface area contributed by atoms with E-state index in [1.165, 1.54) is 6.92 Å². The Labute approximate surface area is 133 Å². The maximum absolute atomic E-state index is 11.4. The van der Waals surface area contributed by atoms with Gasteiger partial charge in [-0.1, -0.05) is 29.4 Å². The van der Waals surface area contributed by atoms with E-state index in [0.29, 0.717) is 17.1 Å². The standard InChI is InChI=1S/C17H15N3O3/c1-11(21)12-5-3-7-14(9-12)18-17-19-16(20-23-17)13-6-4-8-15(10-13)22-2/h3-10H,1-2H3,(H,18,19,20). The van der Waals surface area contributed by atoms with Gasteiger partial charge in [-0.25, -0.2) is 0 Å². The molecule has 0 saturated heterocycles. The van der Waals surface area contributed by atoms with Crippen LogP contribution >= 0.6 is 0 Å². The molecule has 0 atom stereocenters. The Kier molecular flexibility index (Phi) is 4.05. The number of benzene rings is 2. The number of ketones is 1. The van der Waals surface area contributed by atoms with E-state index in [2.05, 4.69) is 15.5 Å². The molecule has 1 N–H and O–H groups in total. The molecule has 6 nitrogen and oxygen atoms in total. The molecule has 0 aliphatic heterocycles. The van der Waals surface area contributed by atoms with Gasteiger partial charge < -0.3 is 14.6 Å². The topological polar surface area (TPSA) is 77.3 Å². The van der Waals surface area contributed by atoms with Crippen molar-refractivity contribution in [2.24, 2.45) is 0 Å². The van der Waals surface area contributed by atoms with Crippen molar-refractivity contribution in [2.45, 2.75) is 6.92 Å². The summed E-state index contributed by atoms with van der Waals surface area (Å²) in [6.07, 6.45) is 0. The van der Waals surface area contributed by atoms with Crippen LogP contribution in [0.1, 0.15) is 17.3 Å². The molecule has 0 fully saturated rings. The number of aromatic nitrogens is 2. The predicted octanol–water partition coefficient (Wildman–Crippen LogP) is 3.69. The molecule has 0 spiro atoms. The number of anilines is 2. The van der Waals surface area contributed by atoms with Gasteiger partial charge in [0.15, 0.2) is 5.78 Å². The van der Waals surface area contributed by atoms with Gasteiger partial charge in [-0.05, 0) is 31.2 Å². The lowest BCUT2D eigenvalue weighted by molar-refractivity contribution is 0.101. The minimum Gasteiger partial charge on any atom is -0.497 e. The maximum Gasteiger partial charge on any atom is 0.326 e. The van der Waals surface area contributed by atoms with E-state index < -0.39 is 0 Å². The van der Waals surface area contributed by atoms with Crippen LogP contribution in [0.5, 0.6) is 5.75 Å². The summed E-state index contributed by atoms with van der Waals surface area (Å²) in [6, 6.07) is 14.7. The van der Waals surface area contributed by atoms with Crippen LogP contribution in [-0.2, 0) is 0 Å². The molecule has 0 amide bonds. The normalized spacial score (nSPS) is 10.3. The maximum atomic E-state index is 11.4. The Morgan fingerprint density at radius 1 is 1.17 bits per heavy atom. The molecule has 2 aromatic carbocycles. The van der Waals surface area contributed by atoms with Crippen LogP contribution in [0.3, 0.4) is 0 Å². The number of carbonyl (C=O) groups is 1. The lowest BCUT2D eigenvalue weighted by atomic mass is 10.1. The molecule has 3 aromatic rings. The minimum absolute atomic E-state index is 0.00347. The highest BCUT2D eigenvalue weighted by Crippen LogP contribution is 2.23. The molecule has 0 aliphatic rings. The lowest BCUT2D eigenvalue weighted by Gasteiger charge is -2.02. The number of hydrogen-bond acceptors (Lipinski definition) is 6. The third-order valence-electron chi connectivity index (χ3n) is 3.27.